The molecule has 4 saturated carbocycles. The van der Waals surface area contributed by atoms with Crippen LogP contribution in [0.15, 0.2) is 12.2 Å². The third kappa shape index (κ3) is 1.52. The molecule has 6 rings (SSSR count). The molecule has 0 radical (unpaired) electrons. The van der Waals surface area contributed by atoms with E-state index < -0.39 is 6.10 Å². The molecule has 0 aromatic carbocycles. The summed E-state index contributed by atoms with van der Waals surface area (Å²) in [5.41, 5.74) is 0.446. The maximum atomic E-state index is 12.9. The average Bonchev–Trinajstić information content (AvgIpc) is 2.95. The van der Waals surface area contributed by atoms with Crippen LogP contribution in [-0.2, 0) is 9.53 Å². The van der Waals surface area contributed by atoms with E-state index in [-0.39, 0.29) is 41.3 Å². The van der Waals surface area contributed by atoms with Gasteiger partial charge in [0.25, 0.3) is 0 Å². The number of hydrogen-bond acceptors (Lipinski definition) is 4. The SMILES string of the molecule is C=C1[C@H](O)CC[C@@]2(CO)CCC34C(=O)O[C@@H](C[C@H]3C)[C@H]3C[C@H]1[C@@H]2[C@H]34. The third-order valence-corrected chi connectivity index (χ3v) is 8.86. The van der Waals surface area contributed by atoms with Crippen molar-refractivity contribution >= 4 is 5.97 Å². The van der Waals surface area contributed by atoms with E-state index >= 15 is 0 Å². The minimum atomic E-state index is -0.466. The predicted molar refractivity (Wildman–Crippen MR) is 87.8 cm³/mol. The minimum Gasteiger partial charge on any atom is -0.462 e. The third-order valence-electron chi connectivity index (χ3n) is 8.86. The van der Waals surface area contributed by atoms with Crippen LogP contribution in [0, 0.1) is 40.4 Å². The van der Waals surface area contributed by atoms with Crippen molar-refractivity contribution in [3.63, 3.8) is 0 Å². The number of carbonyl (C=O) groups excluding carboxylic acids is 1. The van der Waals surface area contributed by atoms with E-state index in [1.165, 1.54) is 0 Å². The van der Waals surface area contributed by atoms with Crippen molar-refractivity contribution in [3.8, 4) is 0 Å². The van der Waals surface area contributed by atoms with Gasteiger partial charge in [0, 0.05) is 12.5 Å². The summed E-state index contributed by atoms with van der Waals surface area (Å²) in [5, 5.41) is 20.9. The zero-order chi connectivity index (χ0) is 16.9. The molecular weight excluding hydrogens is 304 g/mol. The number of rotatable bonds is 1. The molecule has 2 aliphatic heterocycles. The molecule has 2 N–H and O–H groups in total. The molecule has 0 aromatic rings. The number of aliphatic hydroxyl groups is 2. The molecule has 1 spiro atoms. The van der Waals surface area contributed by atoms with Gasteiger partial charge >= 0.3 is 5.97 Å². The summed E-state index contributed by atoms with van der Waals surface area (Å²) < 4.78 is 5.86. The van der Waals surface area contributed by atoms with Gasteiger partial charge in [0.05, 0.1) is 11.5 Å². The van der Waals surface area contributed by atoms with E-state index in [9.17, 15) is 15.0 Å². The second-order valence-corrected chi connectivity index (χ2v) is 9.33. The number of carbonyl (C=O) groups is 1. The van der Waals surface area contributed by atoms with Crippen LogP contribution in [0.5, 0.6) is 0 Å². The van der Waals surface area contributed by atoms with E-state index in [1.54, 1.807) is 0 Å². The van der Waals surface area contributed by atoms with Crippen molar-refractivity contribution in [2.75, 3.05) is 6.61 Å². The van der Waals surface area contributed by atoms with Gasteiger partial charge in [-0.1, -0.05) is 13.5 Å². The maximum absolute atomic E-state index is 12.9. The molecule has 1 unspecified atom stereocenters. The zero-order valence-electron chi connectivity index (χ0n) is 14.4. The van der Waals surface area contributed by atoms with Crippen molar-refractivity contribution in [1.29, 1.82) is 0 Å². The molecule has 2 bridgehead atoms. The van der Waals surface area contributed by atoms with Crippen LogP contribution >= 0.6 is 0 Å². The van der Waals surface area contributed by atoms with E-state index in [4.69, 9.17) is 4.74 Å². The molecule has 0 amide bonds. The normalized spacial score (nSPS) is 58.2. The van der Waals surface area contributed by atoms with Gasteiger partial charge < -0.3 is 14.9 Å². The number of hydrogen-bond donors (Lipinski definition) is 2. The molecule has 24 heavy (non-hydrogen) atoms. The van der Waals surface area contributed by atoms with Crippen molar-refractivity contribution < 1.29 is 19.7 Å². The highest BCUT2D eigenvalue weighted by Crippen LogP contribution is 2.73. The van der Waals surface area contributed by atoms with Gasteiger partial charge in [0.1, 0.15) is 6.10 Å². The summed E-state index contributed by atoms with van der Waals surface area (Å²) in [7, 11) is 0. The minimum absolute atomic E-state index is 0.0232. The Morgan fingerprint density at radius 2 is 2.04 bits per heavy atom. The molecule has 2 saturated heterocycles. The lowest BCUT2D eigenvalue weighted by atomic mass is 9.43. The Balaban J connectivity index is 1.69. The van der Waals surface area contributed by atoms with Crippen molar-refractivity contribution in [2.45, 2.75) is 57.7 Å². The lowest BCUT2D eigenvalue weighted by Crippen LogP contribution is -2.65. The van der Waals surface area contributed by atoms with Crippen molar-refractivity contribution in [2.24, 2.45) is 40.4 Å². The first-order valence-corrected chi connectivity index (χ1v) is 9.63. The first kappa shape index (κ1) is 15.4. The van der Waals surface area contributed by atoms with Crippen LogP contribution in [0.2, 0.25) is 0 Å². The zero-order valence-corrected chi connectivity index (χ0v) is 14.4. The van der Waals surface area contributed by atoms with Crippen molar-refractivity contribution in [3.05, 3.63) is 12.2 Å². The van der Waals surface area contributed by atoms with Gasteiger partial charge in [-0.05, 0) is 73.2 Å². The first-order valence-electron chi connectivity index (χ1n) is 9.63. The van der Waals surface area contributed by atoms with Gasteiger partial charge in [-0.3, -0.25) is 4.79 Å². The highest BCUT2D eigenvalue weighted by Gasteiger charge is 2.74. The fourth-order valence-electron chi connectivity index (χ4n) is 7.71. The summed E-state index contributed by atoms with van der Waals surface area (Å²) in [4.78, 5) is 12.9. The lowest BCUT2D eigenvalue weighted by Gasteiger charge is -2.63. The van der Waals surface area contributed by atoms with Crippen LogP contribution < -0.4 is 0 Å². The van der Waals surface area contributed by atoms with Gasteiger partial charge in [-0.2, -0.15) is 0 Å². The smallest absolute Gasteiger partial charge is 0.312 e. The second-order valence-electron chi connectivity index (χ2n) is 9.33. The Morgan fingerprint density at radius 1 is 1.25 bits per heavy atom. The molecule has 9 atom stereocenters. The molecular formula is C20H28O4. The van der Waals surface area contributed by atoms with Gasteiger partial charge in [0.2, 0.25) is 0 Å². The van der Waals surface area contributed by atoms with E-state index in [0.717, 1.165) is 37.7 Å². The topological polar surface area (TPSA) is 66.8 Å². The lowest BCUT2D eigenvalue weighted by molar-refractivity contribution is -0.237. The second kappa shape index (κ2) is 4.64. The van der Waals surface area contributed by atoms with Gasteiger partial charge in [-0.25, -0.2) is 0 Å². The Hall–Kier alpha value is -0.870. The standard InChI is InChI=1S/C20H28O4/c1-10-7-15-13-8-12-11(2)14(22)3-4-19(9-21)5-6-20(10,18(23)24-15)17(13)16(12)19/h10,12-17,21-22H,2-9H2,1H3/t10-,12-,13-,14-,15+,16-,17+,19+,20?/m1/s1. The monoisotopic (exact) mass is 332 g/mol. The number of esters is 1. The highest BCUT2D eigenvalue weighted by atomic mass is 16.5. The van der Waals surface area contributed by atoms with Gasteiger partial charge in [-0.15, -0.1) is 0 Å². The number of ether oxygens (including phenoxy) is 1. The van der Waals surface area contributed by atoms with E-state index in [2.05, 4.69) is 13.5 Å². The largest absolute Gasteiger partial charge is 0.462 e. The molecule has 2 heterocycles. The summed E-state index contributed by atoms with van der Waals surface area (Å²) in [6, 6.07) is 0. The maximum Gasteiger partial charge on any atom is 0.312 e. The number of aliphatic hydroxyl groups excluding tert-OH is 2. The van der Waals surface area contributed by atoms with E-state index in [0.29, 0.717) is 24.2 Å². The van der Waals surface area contributed by atoms with Crippen LogP contribution in [0.3, 0.4) is 0 Å². The van der Waals surface area contributed by atoms with E-state index in [1.807, 2.05) is 0 Å². The Labute approximate surface area is 143 Å². The van der Waals surface area contributed by atoms with Crippen LogP contribution in [-0.4, -0.2) is 35.0 Å². The predicted octanol–water partition coefficient (Wildman–Crippen LogP) is 2.29. The molecule has 4 heteroatoms. The summed E-state index contributed by atoms with van der Waals surface area (Å²) >= 11 is 0. The van der Waals surface area contributed by atoms with Crippen molar-refractivity contribution in [1.82, 2.24) is 0 Å². The summed E-state index contributed by atoms with van der Waals surface area (Å²) in [5.74, 6) is 1.59. The average molecular weight is 332 g/mol. The Kier molecular flexibility index (Phi) is 2.98. The molecule has 132 valence electrons. The van der Waals surface area contributed by atoms with Crippen LogP contribution in [0.4, 0.5) is 0 Å². The fraction of sp³-hybridized carbons (Fsp3) is 0.850. The molecule has 0 aromatic heterocycles. The Morgan fingerprint density at radius 3 is 2.75 bits per heavy atom. The quantitative estimate of drug-likeness (QED) is 0.571. The molecule has 4 nitrogen and oxygen atoms in total. The first-order chi connectivity index (χ1) is 11.4. The molecule has 6 fully saturated rings. The highest BCUT2D eigenvalue weighted by molar-refractivity contribution is 5.80. The summed E-state index contributed by atoms with van der Waals surface area (Å²) in [6.07, 6.45) is 4.77. The molecule has 6 aliphatic rings. The number of fused-ring (bicyclic) bond motifs is 2. The summed E-state index contributed by atoms with van der Waals surface area (Å²) in [6.45, 7) is 6.65. The van der Waals surface area contributed by atoms with Crippen LogP contribution in [0.25, 0.3) is 0 Å². The molecule has 4 aliphatic carbocycles. The van der Waals surface area contributed by atoms with Crippen LogP contribution in [0.1, 0.15) is 45.4 Å². The Bertz CT molecular complexity index is 615. The van der Waals surface area contributed by atoms with Gasteiger partial charge in [0.15, 0.2) is 0 Å². The fourth-order valence-corrected chi connectivity index (χ4v) is 7.71.